The van der Waals surface area contributed by atoms with Gasteiger partial charge in [0.1, 0.15) is 0 Å². The summed E-state index contributed by atoms with van der Waals surface area (Å²) in [5, 5.41) is 5.22. The summed E-state index contributed by atoms with van der Waals surface area (Å²) in [4.78, 5) is 23.5. The minimum atomic E-state index is -0.647. The molecule has 4 N–H and O–H groups in total. The van der Waals surface area contributed by atoms with Crippen molar-refractivity contribution in [2.45, 2.75) is 0 Å². The van der Waals surface area contributed by atoms with Gasteiger partial charge in [0.05, 0.1) is 5.56 Å². The molecular weight excluding hydrogens is 302 g/mol. The number of nitrogen functional groups attached to an aromatic ring is 1. The fourth-order valence-corrected chi connectivity index (χ4v) is 1.93. The first-order valence-electron chi connectivity index (χ1n) is 6.45. The molecule has 0 radical (unpaired) electrons. The van der Waals surface area contributed by atoms with Crippen LogP contribution in [0.2, 0.25) is 5.02 Å². The molecule has 0 heterocycles. The first-order valence-corrected chi connectivity index (χ1v) is 6.82. The van der Waals surface area contributed by atoms with Gasteiger partial charge < -0.3 is 11.1 Å². The lowest BCUT2D eigenvalue weighted by molar-refractivity contribution is 0.0965. The molecule has 0 aliphatic heterocycles. The lowest BCUT2D eigenvalue weighted by Gasteiger charge is -2.05. The molecule has 0 atom stereocenters. The SMILES string of the molecule is Nc1ccccc1C(=O)NC(=O)N/C=C/c1cccc(Cl)c1. The number of urea groups is 1. The van der Waals surface area contributed by atoms with Crippen LogP contribution in [0.5, 0.6) is 0 Å². The van der Waals surface area contributed by atoms with E-state index in [0.29, 0.717) is 10.7 Å². The molecule has 0 aliphatic carbocycles. The molecule has 0 bridgehead atoms. The van der Waals surface area contributed by atoms with Crippen LogP contribution in [0.25, 0.3) is 6.08 Å². The Balaban J connectivity index is 1.91. The monoisotopic (exact) mass is 315 g/mol. The average molecular weight is 316 g/mol. The zero-order chi connectivity index (χ0) is 15.9. The van der Waals surface area contributed by atoms with Crippen LogP contribution in [-0.4, -0.2) is 11.9 Å². The highest BCUT2D eigenvalue weighted by atomic mass is 35.5. The first kappa shape index (κ1) is 15.6. The number of amides is 3. The van der Waals surface area contributed by atoms with E-state index in [1.807, 2.05) is 6.07 Å². The standard InChI is InChI=1S/C16H14ClN3O2/c17-12-5-3-4-11(10-12)8-9-19-16(22)20-15(21)13-6-1-2-7-14(13)18/h1-10H,18H2,(H2,19,20,21,22)/b9-8+. The Morgan fingerprint density at radius 3 is 2.59 bits per heavy atom. The molecule has 112 valence electrons. The molecular formula is C16H14ClN3O2. The van der Waals surface area contributed by atoms with E-state index in [4.69, 9.17) is 17.3 Å². The van der Waals surface area contributed by atoms with E-state index < -0.39 is 11.9 Å². The predicted octanol–water partition coefficient (Wildman–Crippen LogP) is 3.03. The van der Waals surface area contributed by atoms with E-state index in [2.05, 4.69) is 10.6 Å². The van der Waals surface area contributed by atoms with Gasteiger partial charge in [-0.15, -0.1) is 0 Å². The molecule has 5 nitrogen and oxygen atoms in total. The summed E-state index contributed by atoms with van der Waals surface area (Å²) >= 11 is 5.85. The van der Waals surface area contributed by atoms with Crippen LogP contribution >= 0.6 is 11.6 Å². The number of halogens is 1. The number of carbonyl (C=O) groups is 2. The van der Waals surface area contributed by atoms with Gasteiger partial charge in [0, 0.05) is 16.9 Å². The Morgan fingerprint density at radius 2 is 1.86 bits per heavy atom. The van der Waals surface area contributed by atoms with Crippen LogP contribution in [0.1, 0.15) is 15.9 Å². The van der Waals surface area contributed by atoms with Gasteiger partial charge in [-0.05, 0) is 35.9 Å². The summed E-state index contributed by atoms with van der Waals surface area (Å²) in [5.41, 5.74) is 7.05. The Labute approximate surface area is 132 Å². The minimum absolute atomic E-state index is 0.247. The third-order valence-corrected chi connectivity index (χ3v) is 3.01. The van der Waals surface area contributed by atoms with Gasteiger partial charge >= 0.3 is 6.03 Å². The number of anilines is 1. The van der Waals surface area contributed by atoms with Crippen LogP contribution in [-0.2, 0) is 0 Å². The number of hydrogen-bond donors (Lipinski definition) is 3. The van der Waals surface area contributed by atoms with Crippen molar-refractivity contribution in [2.75, 3.05) is 5.73 Å². The molecule has 2 aromatic rings. The quantitative estimate of drug-likeness (QED) is 0.761. The molecule has 0 fully saturated rings. The van der Waals surface area contributed by atoms with Gasteiger partial charge in [0.15, 0.2) is 0 Å². The van der Waals surface area contributed by atoms with Crippen LogP contribution in [0.4, 0.5) is 10.5 Å². The second-order valence-corrected chi connectivity index (χ2v) is 4.84. The van der Waals surface area contributed by atoms with Crippen molar-refractivity contribution < 1.29 is 9.59 Å². The molecule has 0 spiro atoms. The molecule has 2 aromatic carbocycles. The number of rotatable bonds is 3. The Hall–Kier alpha value is -2.79. The highest BCUT2D eigenvalue weighted by molar-refractivity contribution is 6.30. The van der Waals surface area contributed by atoms with Crippen molar-refractivity contribution in [2.24, 2.45) is 0 Å². The van der Waals surface area contributed by atoms with Gasteiger partial charge in [-0.1, -0.05) is 35.9 Å². The number of benzene rings is 2. The lowest BCUT2D eigenvalue weighted by Crippen LogP contribution is -2.37. The third kappa shape index (κ3) is 4.36. The summed E-state index contributed by atoms with van der Waals surface area (Å²) in [6.45, 7) is 0. The molecule has 3 amide bonds. The number of hydrogen-bond acceptors (Lipinski definition) is 3. The van der Waals surface area contributed by atoms with E-state index in [0.717, 1.165) is 5.56 Å². The molecule has 2 rings (SSSR count). The molecule has 0 unspecified atom stereocenters. The van der Waals surface area contributed by atoms with Crippen LogP contribution in [0, 0.1) is 0 Å². The largest absolute Gasteiger partial charge is 0.398 e. The maximum atomic E-state index is 11.9. The summed E-state index contributed by atoms with van der Waals surface area (Å²) in [7, 11) is 0. The average Bonchev–Trinajstić information content (AvgIpc) is 2.47. The molecule has 0 aromatic heterocycles. The molecule has 22 heavy (non-hydrogen) atoms. The maximum absolute atomic E-state index is 11.9. The second-order valence-electron chi connectivity index (χ2n) is 4.40. The van der Waals surface area contributed by atoms with Gasteiger partial charge in [0.2, 0.25) is 0 Å². The Bertz CT molecular complexity index is 729. The Kier molecular flexibility index (Phi) is 5.16. The fraction of sp³-hybridized carbons (Fsp3) is 0. The fourth-order valence-electron chi connectivity index (χ4n) is 1.73. The molecule has 6 heteroatoms. The van der Waals surface area contributed by atoms with Gasteiger partial charge in [-0.25, -0.2) is 4.79 Å². The van der Waals surface area contributed by atoms with Gasteiger partial charge in [-0.3, -0.25) is 10.1 Å². The van der Waals surface area contributed by atoms with Crippen molar-refractivity contribution in [3.05, 3.63) is 70.9 Å². The summed E-state index contributed by atoms with van der Waals surface area (Å²) < 4.78 is 0. The van der Waals surface area contributed by atoms with Crippen LogP contribution in [0.15, 0.2) is 54.7 Å². The van der Waals surface area contributed by atoms with Gasteiger partial charge in [0.25, 0.3) is 5.91 Å². The van der Waals surface area contributed by atoms with E-state index in [1.54, 1.807) is 48.5 Å². The highest BCUT2D eigenvalue weighted by Gasteiger charge is 2.11. The maximum Gasteiger partial charge on any atom is 0.325 e. The number of nitrogens with one attached hydrogen (secondary N) is 2. The van der Waals surface area contributed by atoms with E-state index >= 15 is 0 Å². The number of para-hydroxylation sites is 1. The zero-order valence-electron chi connectivity index (χ0n) is 11.5. The molecule has 0 saturated heterocycles. The summed E-state index contributed by atoms with van der Waals surface area (Å²) in [6.07, 6.45) is 3.08. The minimum Gasteiger partial charge on any atom is -0.398 e. The normalized spacial score (nSPS) is 10.4. The van der Waals surface area contributed by atoms with Crippen molar-refractivity contribution in [1.82, 2.24) is 10.6 Å². The first-order chi connectivity index (χ1) is 10.6. The van der Waals surface area contributed by atoms with E-state index in [1.165, 1.54) is 6.20 Å². The van der Waals surface area contributed by atoms with E-state index in [-0.39, 0.29) is 5.56 Å². The second kappa shape index (κ2) is 7.28. The van der Waals surface area contributed by atoms with Crippen molar-refractivity contribution in [3.8, 4) is 0 Å². The van der Waals surface area contributed by atoms with Gasteiger partial charge in [-0.2, -0.15) is 0 Å². The van der Waals surface area contributed by atoms with Crippen molar-refractivity contribution >= 4 is 35.3 Å². The highest BCUT2D eigenvalue weighted by Crippen LogP contribution is 2.11. The molecule has 0 saturated carbocycles. The third-order valence-electron chi connectivity index (χ3n) is 2.77. The predicted molar refractivity (Wildman–Crippen MR) is 87.3 cm³/mol. The van der Waals surface area contributed by atoms with Crippen LogP contribution in [0.3, 0.4) is 0 Å². The number of imide groups is 1. The molecule has 0 aliphatic rings. The summed E-state index contributed by atoms with van der Waals surface area (Å²) in [5.74, 6) is -0.563. The number of nitrogens with two attached hydrogens (primary N) is 1. The van der Waals surface area contributed by atoms with E-state index in [9.17, 15) is 9.59 Å². The smallest absolute Gasteiger partial charge is 0.325 e. The van der Waals surface area contributed by atoms with Crippen molar-refractivity contribution in [3.63, 3.8) is 0 Å². The van der Waals surface area contributed by atoms with Crippen LogP contribution < -0.4 is 16.4 Å². The lowest BCUT2D eigenvalue weighted by atomic mass is 10.2. The van der Waals surface area contributed by atoms with Crippen molar-refractivity contribution in [1.29, 1.82) is 0 Å². The topological polar surface area (TPSA) is 84.2 Å². The summed E-state index contributed by atoms with van der Waals surface area (Å²) in [6, 6.07) is 13.0. The zero-order valence-corrected chi connectivity index (χ0v) is 12.3. The number of carbonyl (C=O) groups excluding carboxylic acids is 2. The Morgan fingerprint density at radius 1 is 1.09 bits per heavy atom.